The second-order valence-electron chi connectivity index (χ2n) is 10.4. The van der Waals surface area contributed by atoms with Crippen LogP contribution >= 0.6 is 0 Å². The molecule has 2 saturated carbocycles. The molecule has 4 heteroatoms. The zero-order chi connectivity index (χ0) is 20.6. The number of hydrazone groups is 1. The lowest BCUT2D eigenvalue weighted by atomic mass is 9.68. The maximum Gasteiger partial charge on any atom is 0.338 e. The van der Waals surface area contributed by atoms with Crippen molar-refractivity contribution >= 4 is 11.7 Å². The van der Waals surface area contributed by atoms with E-state index in [4.69, 9.17) is 5.10 Å². The van der Waals surface area contributed by atoms with Gasteiger partial charge in [-0.3, -0.25) is 0 Å². The Balaban J connectivity index is 1.49. The number of unbranched alkanes of at least 4 members (excludes halogenated alkanes) is 2. The molecule has 29 heavy (non-hydrogen) atoms. The first-order valence-corrected chi connectivity index (χ1v) is 11.6. The maximum atomic E-state index is 13.3. The van der Waals surface area contributed by atoms with Gasteiger partial charge in [0.05, 0.1) is 6.54 Å². The van der Waals surface area contributed by atoms with Crippen LogP contribution in [0, 0.1) is 16.7 Å². The van der Waals surface area contributed by atoms with Crippen LogP contribution in [0.3, 0.4) is 0 Å². The second-order valence-corrected chi connectivity index (χ2v) is 10.4. The molecule has 2 bridgehead atoms. The minimum Gasteiger partial charge on any atom is -0.333 e. The quantitative estimate of drug-likeness (QED) is 0.595. The van der Waals surface area contributed by atoms with Crippen molar-refractivity contribution in [2.45, 2.75) is 84.6 Å². The Kier molecular flexibility index (Phi) is 5.48. The molecule has 1 aliphatic heterocycles. The highest BCUT2D eigenvalue weighted by atomic mass is 16.2. The third-order valence-electron chi connectivity index (χ3n) is 8.02. The molecule has 3 aliphatic rings. The SMILES string of the molecule is CCCCCC1=NN(C(=O)N[C@H]2C3(C)CCC(C3)C2(C)C)CC1c1ccccc1. The molecule has 2 aliphatic carbocycles. The number of carbonyl (C=O) groups is 1. The molecule has 1 heterocycles. The van der Waals surface area contributed by atoms with Crippen molar-refractivity contribution in [3.8, 4) is 0 Å². The summed E-state index contributed by atoms with van der Waals surface area (Å²) in [5.74, 6) is 0.948. The molecule has 0 saturated heterocycles. The van der Waals surface area contributed by atoms with Crippen LogP contribution in [0.5, 0.6) is 0 Å². The minimum absolute atomic E-state index is 0.0109. The van der Waals surface area contributed by atoms with Gasteiger partial charge in [-0.2, -0.15) is 5.10 Å². The first kappa shape index (κ1) is 20.4. The second kappa shape index (κ2) is 7.77. The Morgan fingerprint density at radius 3 is 2.62 bits per heavy atom. The van der Waals surface area contributed by atoms with Gasteiger partial charge in [0.2, 0.25) is 0 Å². The molecular weight excluding hydrogens is 358 g/mol. The summed E-state index contributed by atoms with van der Waals surface area (Å²) in [6.07, 6.45) is 8.30. The molecule has 158 valence electrons. The number of nitrogens with zero attached hydrogens (tertiary/aromatic N) is 2. The van der Waals surface area contributed by atoms with E-state index in [0.717, 1.165) is 18.8 Å². The predicted octanol–water partition coefficient (Wildman–Crippen LogP) is 5.95. The van der Waals surface area contributed by atoms with Crippen molar-refractivity contribution in [3.63, 3.8) is 0 Å². The van der Waals surface area contributed by atoms with Crippen molar-refractivity contribution in [1.82, 2.24) is 10.3 Å². The number of hydrogen-bond donors (Lipinski definition) is 1. The number of fused-ring (bicyclic) bond motifs is 2. The fourth-order valence-corrected chi connectivity index (χ4v) is 6.30. The molecule has 0 radical (unpaired) electrons. The normalized spacial score (nSPS) is 32.5. The Labute approximate surface area is 176 Å². The zero-order valence-corrected chi connectivity index (χ0v) is 18.6. The summed E-state index contributed by atoms with van der Waals surface area (Å²) in [7, 11) is 0. The molecule has 3 unspecified atom stereocenters. The summed E-state index contributed by atoms with van der Waals surface area (Å²) in [5.41, 5.74) is 2.83. The van der Waals surface area contributed by atoms with Gasteiger partial charge in [0.1, 0.15) is 0 Å². The van der Waals surface area contributed by atoms with Crippen molar-refractivity contribution in [2.75, 3.05) is 6.54 Å². The molecule has 0 spiro atoms. The van der Waals surface area contributed by atoms with Crippen LogP contribution in [-0.2, 0) is 0 Å². The van der Waals surface area contributed by atoms with Gasteiger partial charge in [-0.25, -0.2) is 9.80 Å². The van der Waals surface area contributed by atoms with Crippen LogP contribution < -0.4 is 5.32 Å². The number of urea groups is 1. The monoisotopic (exact) mass is 395 g/mol. The average molecular weight is 396 g/mol. The van der Waals surface area contributed by atoms with Crippen molar-refractivity contribution in [3.05, 3.63) is 35.9 Å². The Hall–Kier alpha value is -1.84. The fraction of sp³-hybridized carbons (Fsp3) is 0.680. The minimum atomic E-state index is -0.0109. The van der Waals surface area contributed by atoms with Crippen molar-refractivity contribution < 1.29 is 4.79 Å². The highest BCUT2D eigenvalue weighted by molar-refractivity contribution is 5.94. The topological polar surface area (TPSA) is 44.7 Å². The van der Waals surface area contributed by atoms with Crippen LogP contribution in [0.1, 0.15) is 84.1 Å². The average Bonchev–Trinajstić information content (AvgIpc) is 3.35. The fourth-order valence-electron chi connectivity index (χ4n) is 6.30. The molecule has 1 aromatic carbocycles. The van der Waals surface area contributed by atoms with Crippen LogP contribution in [0.2, 0.25) is 0 Å². The maximum absolute atomic E-state index is 13.3. The Bertz CT molecular complexity index is 767. The van der Waals surface area contributed by atoms with Gasteiger partial charge in [0.25, 0.3) is 0 Å². The number of nitrogens with one attached hydrogen (secondary N) is 1. The standard InChI is InChI=1S/C25H37N3O/c1-5-6-8-13-21-20(18-11-9-7-10-12-18)17-28(27-21)23(29)26-22-24(2,3)19-14-15-25(22,4)16-19/h7,9-12,19-20,22H,5-6,8,13-17H2,1-4H3,(H,26,29)/t19?,20?,22-,25?/m1/s1. The highest BCUT2D eigenvalue weighted by Gasteiger charge is 2.60. The zero-order valence-electron chi connectivity index (χ0n) is 18.6. The van der Waals surface area contributed by atoms with Gasteiger partial charge in [0.15, 0.2) is 0 Å². The van der Waals surface area contributed by atoms with E-state index in [1.54, 1.807) is 5.01 Å². The van der Waals surface area contributed by atoms with E-state index < -0.39 is 0 Å². The third kappa shape index (κ3) is 3.71. The predicted molar refractivity (Wildman–Crippen MR) is 119 cm³/mol. The van der Waals surface area contributed by atoms with E-state index in [1.807, 2.05) is 0 Å². The molecule has 2 fully saturated rings. The lowest BCUT2D eigenvalue weighted by Gasteiger charge is -2.43. The van der Waals surface area contributed by atoms with Gasteiger partial charge in [0, 0.05) is 17.7 Å². The molecule has 4 atom stereocenters. The van der Waals surface area contributed by atoms with Crippen molar-refractivity contribution in [1.29, 1.82) is 0 Å². The van der Waals surface area contributed by atoms with Gasteiger partial charge in [-0.05, 0) is 54.4 Å². The van der Waals surface area contributed by atoms with E-state index >= 15 is 0 Å². The first-order chi connectivity index (χ1) is 13.8. The summed E-state index contributed by atoms with van der Waals surface area (Å²) in [6.45, 7) is 9.92. The van der Waals surface area contributed by atoms with E-state index in [2.05, 4.69) is 63.3 Å². The summed E-state index contributed by atoms with van der Waals surface area (Å²) < 4.78 is 0. The van der Waals surface area contributed by atoms with Crippen molar-refractivity contribution in [2.24, 2.45) is 21.8 Å². The van der Waals surface area contributed by atoms with Gasteiger partial charge in [-0.1, -0.05) is 70.9 Å². The smallest absolute Gasteiger partial charge is 0.333 e. The molecular formula is C25H37N3O. The van der Waals surface area contributed by atoms with E-state index in [1.165, 1.54) is 43.4 Å². The van der Waals surface area contributed by atoms with Crippen LogP contribution in [0.4, 0.5) is 4.79 Å². The Morgan fingerprint density at radius 2 is 1.97 bits per heavy atom. The number of amides is 2. The molecule has 4 rings (SSSR count). The largest absolute Gasteiger partial charge is 0.338 e. The Morgan fingerprint density at radius 1 is 1.21 bits per heavy atom. The summed E-state index contributed by atoms with van der Waals surface area (Å²) in [4.78, 5) is 13.3. The molecule has 0 aromatic heterocycles. The number of rotatable bonds is 6. The lowest BCUT2D eigenvalue weighted by molar-refractivity contribution is 0.106. The summed E-state index contributed by atoms with van der Waals surface area (Å²) in [5, 5.41) is 9.97. The molecule has 2 amide bonds. The van der Waals surface area contributed by atoms with E-state index in [-0.39, 0.29) is 28.8 Å². The number of carbonyl (C=O) groups excluding carboxylic acids is 1. The molecule has 1 N–H and O–H groups in total. The van der Waals surface area contributed by atoms with Crippen LogP contribution in [0.15, 0.2) is 35.4 Å². The lowest BCUT2D eigenvalue weighted by Crippen LogP contribution is -2.54. The first-order valence-electron chi connectivity index (χ1n) is 11.6. The van der Waals surface area contributed by atoms with Gasteiger partial charge >= 0.3 is 6.03 Å². The molecule has 1 aromatic rings. The number of benzene rings is 1. The van der Waals surface area contributed by atoms with Crippen LogP contribution in [-0.4, -0.2) is 29.3 Å². The van der Waals surface area contributed by atoms with E-state index in [9.17, 15) is 4.79 Å². The van der Waals surface area contributed by atoms with E-state index in [0.29, 0.717) is 6.54 Å². The highest BCUT2D eigenvalue weighted by Crippen LogP contribution is 2.62. The third-order valence-corrected chi connectivity index (χ3v) is 8.02. The number of hydrogen-bond acceptors (Lipinski definition) is 2. The summed E-state index contributed by atoms with van der Waals surface area (Å²) in [6, 6.07) is 10.8. The van der Waals surface area contributed by atoms with Gasteiger partial charge < -0.3 is 5.32 Å². The molecule has 4 nitrogen and oxygen atoms in total. The van der Waals surface area contributed by atoms with Crippen LogP contribution in [0.25, 0.3) is 0 Å². The van der Waals surface area contributed by atoms with Gasteiger partial charge in [-0.15, -0.1) is 0 Å². The summed E-state index contributed by atoms with van der Waals surface area (Å²) >= 11 is 0.